The van der Waals surface area contributed by atoms with Crippen LogP contribution in [0.4, 0.5) is 0 Å². The molecule has 2 amide bonds. The van der Waals surface area contributed by atoms with Gasteiger partial charge in [-0.1, -0.05) is 19.4 Å². The van der Waals surface area contributed by atoms with Crippen LogP contribution in [0.15, 0.2) is 36.4 Å². The van der Waals surface area contributed by atoms with E-state index >= 15 is 0 Å². The maximum atomic E-state index is 12.4. The van der Waals surface area contributed by atoms with E-state index in [4.69, 9.17) is 14.2 Å². The highest BCUT2D eigenvalue weighted by molar-refractivity contribution is 5.99. The number of unbranched alkanes of at least 4 members (excludes halogenated alkanes) is 1. The Bertz CT molecular complexity index is 836. The summed E-state index contributed by atoms with van der Waals surface area (Å²) in [4.78, 5) is 24.6. The molecule has 0 heterocycles. The van der Waals surface area contributed by atoms with Crippen molar-refractivity contribution < 1.29 is 23.8 Å². The zero-order valence-electron chi connectivity index (χ0n) is 16.6. The monoisotopic (exact) mass is 386 g/mol. The van der Waals surface area contributed by atoms with E-state index in [0.717, 1.165) is 18.4 Å². The molecule has 2 rings (SSSR count). The molecule has 0 radical (unpaired) electrons. The van der Waals surface area contributed by atoms with E-state index in [0.29, 0.717) is 35.0 Å². The average Bonchev–Trinajstić information content (AvgIpc) is 2.72. The normalized spacial score (nSPS) is 10.1. The Labute approximate surface area is 165 Å². The van der Waals surface area contributed by atoms with Gasteiger partial charge in [-0.15, -0.1) is 0 Å². The third-order valence-electron chi connectivity index (χ3n) is 4.14. The maximum absolute atomic E-state index is 12.4. The van der Waals surface area contributed by atoms with Crippen LogP contribution in [0.5, 0.6) is 17.2 Å². The van der Waals surface area contributed by atoms with Crippen LogP contribution in [0.25, 0.3) is 0 Å². The third kappa shape index (κ3) is 5.39. The van der Waals surface area contributed by atoms with Crippen LogP contribution >= 0.6 is 0 Å². The number of nitrogens with one attached hydrogen (secondary N) is 2. The highest BCUT2D eigenvalue weighted by Crippen LogP contribution is 2.28. The first-order valence-electron chi connectivity index (χ1n) is 9.06. The smallest absolute Gasteiger partial charge is 0.269 e. The van der Waals surface area contributed by atoms with E-state index in [1.54, 1.807) is 36.4 Å². The molecular formula is C21H26N2O5. The summed E-state index contributed by atoms with van der Waals surface area (Å²) >= 11 is 0. The van der Waals surface area contributed by atoms with Gasteiger partial charge in [0.05, 0.1) is 20.8 Å². The van der Waals surface area contributed by atoms with Crippen molar-refractivity contribution in [1.82, 2.24) is 10.9 Å². The summed E-state index contributed by atoms with van der Waals surface area (Å²) in [6.45, 7) is 4.54. The summed E-state index contributed by atoms with van der Waals surface area (Å²) in [5, 5.41) is 0. The van der Waals surface area contributed by atoms with Crippen LogP contribution in [-0.4, -0.2) is 32.6 Å². The second-order valence-corrected chi connectivity index (χ2v) is 6.16. The number of benzene rings is 2. The minimum Gasteiger partial charge on any atom is -0.496 e. The SMILES string of the molecule is CCCCOc1ccc(C(=O)NNC(=O)c2ccc(C)c(OC)c2)cc1OC. The molecule has 0 aliphatic heterocycles. The number of hydrogen-bond acceptors (Lipinski definition) is 5. The lowest BCUT2D eigenvalue weighted by Gasteiger charge is -2.13. The molecule has 0 aromatic heterocycles. The molecule has 0 aliphatic carbocycles. The van der Waals surface area contributed by atoms with Crippen LogP contribution < -0.4 is 25.1 Å². The molecule has 2 aromatic carbocycles. The predicted octanol–water partition coefficient (Wildman–Crippen LogP) is 3.27. The third-order valence-corrected chi connectivity index (χ3v) is 4.14. The first kappa shape index (κ1) is 21.1. The van der Waals surface area contributed by atoms with E-state index in [1.165, 1.54) is 14.2 Å². The van der Waals surface area contributed by atoms with Crippen molar-refractivity contribution in [3.8, 4) is 17.2 Å². The number of carbonyl (C=O) groups is 2. The molecule has 0 bridgehead atoms. The summed E-state index contributed by atoms with van der Waals surface area (Å²) < 4.78 is 16.2. The molecule has 0 unspecified atom stereocenters. The molecule has 7 heteroatoms. The highest BCUT2D eigenvalue weighted by atomic mass is 16.5. The van der Waals surface area contributed by atoms with Crippen LogP contribution in [-0.2, 0) is 0 Å². The molecule has 0 saturated carbocycles. The Hall–Kier alpha value is -3.22. The molecule has 2 aromatic rings. The summed E-state index contributed by atoms with van der Waals surface area (Å²) in [7, 11) is 3.05. The minimum absolute atomic E-state index is 0.335. The van der Waals surface area contributed by atoms with E-state index in [2.05, 4.69) is 17.8 Å². The van der Waals surface area contributed by atoms with Crippen molar-refractivity contribution in [3.05, 3.63) is 53.1 Å². The Balaban J connectivity index is 2.01. The Morgan fingerprint density at radius 2 is 1.43 bits per heavy atom. The summed E-state index contributed by atoms with van der Waals surface area (Å²) in [6.07, 6.45) is 1.95. The number of hydrogen-bond donors (Lipinski definition) is 2. The number of carbonyl (C=O) groups excluding carboxylic acids is 2. The van der Waals surface area contributed by atoms with Crippen molar-refractivity contribution in [2.75, 3.05) is 20.8 Å². The zero-order chi connectivity index (χ0) is 20.5. The number of ether oxygens (including phenoxy) is 3. The largest absolute Gasteiger partial charge is 0.496 e. The van der Waals surface area contributed by atoms with Gasteiger partial charge in [0, 0.05) is 11.1 Å². The quantitative estimate of drug-likeness (QED) is 0.537. The van der Waals surface area contributed by atoms with Crippen molar-refractivity contribution in [3.63, 3.8) is 0 Å². The van der Waals surface area contributed by atoms with E-state index in [-0.39, 0.29) is 0 Å². The first-order valence-corrected chi connectivity index (χ1v) is 9.06. The minimum atomic E-state index is -0.467. The van der Waals surface area contributed by atoms with Gasteiger partial charge in [0.2, 0.25) is 0 Å². The number of methoxy groups -OCH3 is 2. The van der Waals surface area contributed by atoms with Crippen LogP contribution in [0.3, 0.4) is 0 Å². The van der Waals surface area contributed by atoms with Gasteiger partial charge in [-0.3, -0.25) is 20.4 Å². The Kier molecular flexibility index (Phi) is 7.68. The maximum Gasteiger partial charge on any atom is 0.269 e. The van der Waals surface area contributed by atoms with Crippen molar-refractivity contribution in [2.45, 2.75) is 26.7 Å². The number of hydrazine groups is 1. The van der Waals surface area contributed by atoms with E-state index in [1.807, 2.05) is 6.92 Å². The van der Waals surface area contributed by atoms with Crippen LogP contribution in [0.2, 0.25) is 0 Å². The molecule has 0 aliphatic rings. The molecular weight excluding hydrogens is 360 g/mol. The summed E-state index contributed by atoms with van der Waals surface area (Å²) in [6, 6.07) is 9.90. The molecule has 28 heavy (non-hydrogen) atoms. The van der Waals surface area contributed by atoms with Gasteiger partial charge in [-0.2, -0.15) is 0 Å². The number of aryl methyl sites for hydroxylation is 1. The molecule has 0 fully saturated rings. The average molecular weight is 386 g/mol. The van der Waals surface area contributed by atoms with Crippen LogP contribution in [0.1, 0.15) is 46.0 Å². The van der Waals surface area contributed by atoms with Crippen molar-refractivity contribution in [2.24, 2.45) is 0 Å². The standard InChI is InChI=1S/C21H26N2O5/c1-5-6-11-28-17-10-9-16(13-19(17)27-4)21(25)23-22-20(24)15-8-7-14(2)18(12-15)26-3/h7-10,12-13H,5-6,11H2,1-4H3,(H,22,24)(H,23,25). The lowest BCUT2D eigenvalue weighted by molar-refractivity contribution is 0.0846. The molecule has 0 spiro atoms. The fourth-order valence-corrected chi connectivity index (χ4v) is 2.47. The lowest BCUT2D eigenvalue weighted by Crippen LogP contribution is -2.41. The topological polar surface area (TPSA) is 85.9 Å². The van der Waals surface area contributed by atoms with Gasteiger partial charge in [-0.05, 0) is 49.2 Å². The zero-order valence-corrected chi connectivity index (χ0v) is 16.6. The Morgan fingerprint density at radius 3 is 2.00 bits per heavy atom. The van der Waals surface area contributed by atoms with E-state index < -0.39 is 11.8 Å². The van der Waals surface area contributed by atoms with Gasteiger partial charge in [-0.25, -0.2) is 0 Å². The molecule has 2 N–H and O–H groups in total. The fourth-order valence-electron chi connectivity index (χ4n) is 2.47. The Morgan fingerprint density at radius 1 is 0.857 bits per heavy atom. The second-order valence-electron chi connectivity index (χ2n) is 6.16. The van der Waals surface area contributed by atoms with Gasteiger partial charge < -0.3 is 14.2 Å². The predicted molar refractivity (Wildman–Crippen MR) is 106 cm³/mol. The molecule has 150 valence electrons. The fraction of sp³-hybridized carbons (Fsp3) is 0.333. The highest BCUT2D eigenvalue weighted by Gasteiger charge is 2.13. The van der Waals surface area contributed by atoms with Gasteiger partial charge in [0.15, 0.2) is 11.5 Å². The van der Waals surface area contributed by atoms with Gasteiger partial charge in [0.1, 0.15) is 5.75 Å². The van der Waals surface area contributed by atoms with Gasteiger partial charge >= 0.3 is 0 Å². The molecule has 0 atom stereocenters. The lowest BCUT2D eigenvalue weighted by atomic mass is 10.1. The second kappa shape index (κ2) is 10.2. The summed E-state index contributed by atoms with van der Waals surface area (Å²) in [5.74, 6) is 0.716. The first-order chi connectivity index (χ1) is 13.5. The molecule has 0 saturated heterocycles. The molecule has 7 nitrogen and oxygen atoms in total. The van der Waals surface area contributed by atoms with Crippen molar-refractivity contribution >= 4 is 11.8 Å². The summed E-state index contributed by atoms with van der Waals surface area (Å²) in [5.41, 5.74) is 6.42. The number of amides is 2. The van der Waals surface area contributed by atoms with Gasteiger partial charge in [0.25, 0.3) is 11.8 Å². The number of rotatable bonds is 8. The van der Waals surface area contributed by atoms with Crippen LogP contribution in [0, 0.1) is 6.92 Å². The van der Waals surface area contributed by atoms with E-state index in [9.17, 15) is 9.59 Å². The van der Waals surface area contributed by atoms with Crippen molar-refractivity contribution in [1.29, 1.82) is 0 Å².